The van der Waals surface area contributed by atoms with Gasteiger partial charge in [0.05, 0.1) is 5.75 Å². The Morgan fingerprint density at radius 3 is 2.42 bits per heavy atom. The SMILES string of the molecule is CC(Oc1ccc(-c2ccccc2)cc1)c1nnc(SCC(=O)O)n1C. The average Bonchev–Trinajstić information content (AvgIpc) is 3.02. The van der Waals surface area contributed by atoms with E-state index >= 15 is 0 Å². The summed E-state index contributed by atoms with van der Waals surface area (Å²) in [4.78, 5) is 10.7. The van der Waals surface area contributed by atoms with Crippen LogP contribution in [0.1, 0.15) is 18.9 Å². The number of nitrogens with zero attached hydrogens (tertiary/aromatic N) is 3. The second-order valence-electron chi connectivity index (χ2n) is 5.73. The lowest BCUT2D eigenvalue weighted by Crippen LogP contribution is -2.10. The van der Waals surface area contributed by atoms with E-state index in [9.17, 15) is 4.79 Å². The van der Waals surface area contributed by atoms with Crippen LogP contribution in [0.3, 0.4) is 0 Å². The third kappa shape index (κ3) is 4.23. The molecule has 3 rings (SSSR count). The first-order valence-electron chi connectivity index (χ1n) is 8.10. The predicted molar refractivity (Wildman–Crippen MR) is 100 cm³/mol. The molecule has 3 aromatic rings. The molecule has 2 aromatic carbocycles. The number of aromatic nitrogens is 3. The molecule has 1 heterocycles. The van der Waals surface area contributed by atoms with E-state index in [1.165, 1.54) is 0 Å². The first-order chi connectivity index (χ1) is 12.5. The number of carboxylic acids is 1. The highest BCUT2D eigenvalue weighted by Gasteiger charge is 2.18. The fraction of sp³-hybridized carbons (Fsp3) is 0.211. The highest BCUT2D eigenvalue weighted by Crippen LogP contribution is 2.26. The van der Waals surface area contributed by atoms with Gasteiger partial charge >= 0.3 is 5.97 Å². The van der Waals surface area contributed by atoms with Gasteiger partial charge in [-0.25, -0.2) is 0 Å². The predicted octanol–water partition coefficient (Wildman–Crippen LogP) is 3.80. The zero-order valence-corrected chi connectivity index (χ0v) is 15.3. The number of aliphatic carboxylic acids is 1. The van der Waals surface area contributed by atoms with Crippen molar-refractivity contribution in [2.75, 3.05) is 5.75 Å². The van der Waals surface area contributed by atoms with Gasteiger partial charge < -0.3 is 14.4 Å². The van der Waals surface area contributed by atoms with Crippen LogP contribution < -0.4 is 4.74 Å². The third-order valence-electron chi connectivity index (χ3n) is 3.83. The number of thioether (sulfide) groups is 1. The Morgan fingerprint density at radius 1 is 1.12 bits per heavy atom. The fourth-order valence-electron chi connectivity index (χ4n) is 2.55. The molecule has 0 spiro atoms. The smallest absolute Gasteiger partial charge is 0.313 e. The molecule has 0 saturated heterocycles. The van der Waals surface area contributed by atoms with E-state index in [1.54, 1.807) is 11.6 Å². The lowest BCUT2D eigenvalue weighted by molar-refractivity contribution is -0.133. The Hall–Kier alpha value is -2.80. The average molecular weight is 369 g/mol. The standard InChI is InChI=1S/C19H19N3O3S/c1-13(18-20-21-19(22(18)2)26-12-17(23)24)25-16-10-8-15(9-11-16)14-6-4-3-5-7-14/h3-11,13H,12H2,1-2H3,(H,23,24). The van der Waals surface area contributed by atoms with Crippen LogP contribution >= 0.6 is 11.8 Å². The number of ether oxygens (including phenoxy) is 1. The van der Waals surface area contributed by atoms with Crippen molar-refractivity contribution in [3.05, 3.63) is 60.4 Å². The summed E-state index contributed by atoms with van der Waals surface area (Å²) in [5.74, 6) is 0.439. The Labute approximate surface area is 155 Å². The largest absolute Gasteiger partial charge is 0.483 e. The van der Waals surface area contributed by atoms with Gasteiger partial charge in [-0.1, -0.05) is 54.2 Å². The summed E-state index contributed by atoms with van der Waals surface area (Å²) in [5, 5.41) is 17.5. The molecule has 134 valence electrons. The van der Waals surface area contributed by atoms with Gasteiger partial charge in [0, 0.05) is 7.05 Å². The van der Waals surface area contributed by atoms with Gasteiger partial charge in [-0.2, -0.15) is 0 Å². The normalized spacial score (nSPS) is 11.9. The third-order valence-corrected chi connectivity index (χ3v) is 4.84. The van der Waals surface area contributed by atoms with E-state index in [2.05, 4.69) is 22.3 Å². The van der Waals surface area contributed by atoms with Crippen molar-refractivity contribution < 1.29 is 14.6 Å². The molecule has 0 aliphatic carbocycles. The molecule has 0 saturated carbocycles. The first-order valence-corrected chi connectivity index (χ1v) is 9.09. The minimum atomic E-state index is -0.887. The molecule has 0 aliphatic heterocycles. The van der Waals surface area contributed by atoms with Crippen LogP contribution in [0, 0.1) is 0 Å². The number of carbonyl (C=O) groups is 1. The molecule has 1 unspecified atom stereocenters. The molecule has 0 fully saturated rings. The minimum Gasteiger partial charge on any atom is -0.483 e. The Bertz CT molecular complexity index is 879. The fourth-order valence-corrected chi connectivity index (χ4v) is 3.18. The summed E-state index contributed by atoms with van der Waals surface area (Å²) < 4.78 is 7.72. The maximum atomic E-state index is 10.7. The summed E-state index contributed by atoms with van der Waals surface area (Å²) in [6, 6.07) is 18.0. The number of hydrogen-bond donors (Lipinski definition) is 1. The summed E-state index contributed by atoms with van der Waals surface area (Å²) in [7, 11) is 1.80. The molecule has 26 heavy (non-hydrogen) atoms. The molecule has 1 atom stereocenters. The van der Waals surface area contributed by atoms with Crippen molar-refractivity contribution in [1.29, 1.82) is 0 Å². The number of benzene rings is 2. The monoisotopic (exact) mass is 369 g/mol. The van der Waals surface area contributed by atoms with Crippen molar-refractivity contribution in [2.24, 2.45) is 7.05 Å². The summed E-state index contributed by atoms with van der Waals surface area (Å²) in [6.07, 6.45) is -0.311. The Kier molecular flexibility index (Phi) is 5.58. The van der Waals surface area contributed by atoms with Crippen LogP contribution in [0.25, 0.3) is 11.1 Å². The van der Waals surface area contributed by atoms with Crippen LogP contribution in [0.15, 0.2) is 59.8 Å². The lowest BCUT2D eigenvalue weighted by atomic mass is 10.1. The van der Waals surface area contributed by atoms with Gasteiger partial charge in [0.1, 0.15) is 5.75 Å². The minimum absolute atomic E-state index is 0.0534. The second-order valence-corrected chi connectivity index (χ2v) is 6.68. The van der Waals surface area contributed by atoms with Gasteiger partial charge in [0.25, 0.3) is 0 Å². The van der Waals surface area contributed by atoms with E-state index in [-0.39, 0.29) is 11.9 Å². The molecule has 1 N–H and O–H groups in total. The van der Waals surface area contributed by atoms with Crippen molar-refractivity contribution in [3.8, 4) is 16.9 Å². The number of carboxylic acid groups (broad SMARTS) is 1. The lowest BCUT2D eigenvalue weighted by Gasteiger charge is -2.14. The highest BCUT2D eigenvalue weighted by molar-refractivity contribution is 7.99. The highest BCUT2D eigenvalue weighted by atomic mass is 32.2. The van der Waals surface area contributed by atoms with Crippen LogP contribution in [-0.2, 0) is 11.8 Å². The zero-order valence-electron chi connectivity index (χ0n) is 14.5. The quantitative estimate of drug-likeness (QED) is 0.638. The molecule has 1 aromatic heterocycles. The van der Waals surface area contributed by atoms with E-state index in [4.69, 9.17) is 9.84 Å². The number of hydrogen-bond acceptors (Lipinski definition) is 5. The zero-order chi connectivity index (χ0) is 18.5. The molecule has 7 heteroatoms. The molecule has 0 bridgehead atoms. The molecule has 6 nitrogen and oxygen atoms in total. The molecular formula is C19H19N3O3S. The van der Waals surface area contributed by atoms with Crippen molar-refractivity contribution >= 4 is 17.7 Å². The topological polar surface area (TPSA) is 77.2 Å². The molecule has 0 aliphatic rings. The van der Waals surface area contributed by atoms with Gasteiger partial charge in [-0.3, -0.25) is 4.79 Å². The molecule has 0 radical (unpaired) electrons. The van der Waals surface area contributed by atoms with E-state index in [0.29, 0.717) is 11.0 Å². The summed E-state index contributed by atoms with van der Waals surface area (Å²) >= 11 is 1.13. The van der Waals surface area contributed by atoms with E-state index in [0.717, 1.165) is 28.6 Å². The molecular weight excluding hydrogens is 350 g/mol. The maximum Gasteiger partial charge on any atom is 0.313 e. The van der Waals surface area contributed by atoms with Crippen LogP contribution in [0.4, 0.5) is 0 Å². The maximum absolute atomic E-state index is 10.7. The van der Waals surface area contributed by atoms with Crippen molar-refractivity contribution in [1.82, 2.24) is 14.8 Å². The molecule has 0 amide bonds. The van der Waals surface area contributed by atoms with Gasteiger partial charge in [-0.15, -0.1) is 10.2 Å². The van der Waals surface area contributed by atoms with Crippen molar-refractivity contribution in [3.63, 3.8) is 0 Å². The van der Waals surface area contributed by atoms with Gasteiger partial charge in [-0.05, 0) is 30.2 Å². The van der Waals surface area contributed by atoms with Crippen LogP contribution in [0.2, 0.25) is 0 Å². The van der Waals surface area contributed by atoms with Gasteiger partial charge in [0.2, 0.25) is 0 Å². The van der Waals surface area contributed by atoms with Crippen LogP contribution in [0.5, 0.6) is 5.75 Å². The Morgan fingerprint density at radius 2 is 1.77 bits per heavy atom. The van der Waals surface area contributed by atoms with Gasteiger partial charge in [0.15, 0.2) is 17.1 Å². The van der Waals surface area contributed by atoms with Crippen LogP contribution in [-0.4, -0.2) is 31.6 Å². The van der Waals surface area contributed by atoms with E-state index in [1.807, 2.05) is 49.4 Å². The first kappa shape index (κ1) is 18.0. The second kappa shape index (κ2) is 8.05. The Balaban J connectivity index is 1.68. The number of rotatable bonds is 7. The summed E-state index contributed by atoms with van der Waals surface area (Å²) in [6.45, 7) is 1.89. The van der Waals surface area contributed by atoms with Crippen molar-refractivity contribution in [2.45, 2.75) is 18.2 Å². The summed E-state index contributed by atoms with van der Waals surface area (Å²) in [5.41, 5.74) is 2.28. The van der Waals surface area contributed by atoms with E-state index < -0.39 is 5.97 Å².